The SMILES string of the molecule is CC1CCCCN1CCCNc1nc(Cl)ccc1[N+](=O)[O-]. The van der Waals surface area contributed by atoms with E-state index in [1.807, 2.05) is 0 Å². The second kappa shape index (κ2) is 7.56. The van der Waals surface area contributed by atoms with Gasteiger partial charge in [0.25, 0.3) is 0 Å². The zero-order chi connectivity index (χ0) is 15.2. The molecule has 0 aliphatic carbocycles. The van der Waals surface area contributed by atoms with E-state index in [2.05, 4.69) is 22.1 Å². The number of likely N-dealkylation sites (tertiary alicyclic amines) is 1. The van der Waals surface area contributed by atoms with Crippen LogP contribution in [-0.4, -0.2) is 40.5 Å². The Kier molecular flexibility index (Phi) is 5.76. The smallest absolute Gasteiger partial charge is 0.311 e. The van der Waals surface area contributed by atoms with Crippen LogP contribution in [0.4, 0.5) is 11.5 Å². The maximum absolute atomic E-state index is 10.9. The molecule has 1 fully saturated rings. The standard InChI is InChI=1S/C14H21ClN4O2/c1-11-5-2-3-9-18(11)10-4-8-16-14-12(19(20)21)6-7-13(15)17-14/h6-7,11H,2-5,8-10H2,1H3,(H,16,17). The first-order valence-corrected chi connectivity index (χ1v) is 7.74. The fourth-order valence-electron chi connectivity index (χ4n) is 2.68. The molecule has 0 aromatic carbocycles. The lowest BCUT2D eigenvalue weighted by atomic mass is 10.0. The van der Waals surface area contributed by atoms with Gasteiger partial charge in [-0.3, -0.25) is 10.1 Å². The highest BCUT2D eigenvalue weighted by atomic mass is 35.5. The summed E-state index contributed by atoms with van der Waals surface area (Å²) in [6, 6.07) is 3.45. The summed E-state index contributed by atoms with van der Waals surface area (Å²) >= 11 is 5.79. The quantitative estimate of drug-likeness (QED) is 0.377. The van der Waals surface area contributed by atoms with Crippen molar-refractivity contribution < 1.29 is 4.92 Å². The summed E-state index contributed by atoms with van der Waals surface area (Å²) in [7, 11) is 0. The molecular weight excluding hydrogens is 292 g/mol. The number of aromatic nitrogens is 1. The molecule has 1 aromatic heterocycles. The molecule has 0 saturated carbocycles. The van der Waals surface area contributed by atoms with Gasteiger partial charge in [-0.05, 0) is 38.8 Å². The molecule has 0 bridgehead atoms. The number of anilines is 1. The Labute approximate surface area is 129 Å². The van der Waals surface area contributed by atoms with Crippen LogP contribution in [0.25, 0.3) is 0 Å². The predicted octanol–water partition coefficient (Wildman–Crippen LogP) is 3.32. The Hall–Kier alpha value is -1.40. The minimum Gasteiger partial charge on any atom is -0.364 e. The Morgan fingerprint density at radius 1 is 1.52 bits per heavy atom. The van der Waals surface area contributed by atoms with E-state index < -0.39 is 4.92 Å². The molecule has 6 nitrogen and oxygen atoms in total. The van der Waals surface area contributed by atoms with E-state index in [4.69, 9.17) is 11.6 Å². The average Bonchev–Trinajstić information content (AvgIpc) is 2.45. The molecule has 0 amide bonds. The average molecular weight is 313 g/mol. The number of nitro groups is 1. The van der Waals surface area contributed by atoms with Crippen LogP contribution in [0.1, 0.15) is 32.6 Å². The Morgan fingerprint density at radius 2 is 2.33 bits per heavy atom. The normalized spacial score (nSPS) is 19.4. The van der Waals surface area contributed by atoms with Crippen molar-refractivity contribution in [2.24, 2.45) is 0 Å². The second-order valence-electron chi connectivity index (χ2n) is 5.42. The van der Waals surface area contributed by atoms with Crippen LogP contribution >= 0.6 is 11.6 Å². The number of halogens is 1. The maximum atomic E-state index is 10.9. The molecule has 0 spiro atoms. The third kappa shape index (κ3) is 4.54. The summed E-state index contributed by atoms with van der Waals surface area (Å²) < 4.78 is 0. The van der Waals surface area contributed by atoms with Crippen molar-refractivity contribution in [2.45, 2.75) is 38.6 Å². The van der Waals surface area contributed by atoms with Gasteiger partial charge in [0, 0.05) is 25.2 Å². The Balaban J connectivity index is 1.83. The lowest BCUT2D eigenvalue weighted by molar-refractivity contribution is -0.384. The fourth-order valence-corrected chi connectivity index (χ4v) is 2.83. The van der Waals surface area contributed by atoms with Gasteiger partial charge in [-0.15, -0.1) is 0 Å². The molecule has 1 N–H and O–H groups in total. The lowest BCUT2D eigenvalue weighted by Gasteiger charge is -2.33. The van der Waals surface area contributed by atoms with Crippen molar-refractivity contribution in [1.82, 2.24) is 9.88 Å². The van der Waals surface area contributed by atoms with Crippen LogP contribution in [0.5, 0.6) is 0 Å². The van der Waals surface area contributed by atoms with Gasteiger partial charge in [0.05, 0.1) is 4.92 Å². The minimum atomic E-state index is -0.446. The summed E-state index contributed by atoms with van der Waals surface area (Å²) in [6.45, 7) is 5.06. The Bertz CT molecular complexity index is 498. The highest BCUT2D eigenvalue weighted by Gasteiger charge is 2.18. The van der Waals surface area contributed by atoms with Crippen molar-refractivity contribution in [3.8, 4) is 0 Å². The molecule has 21 heavy (non-hydrogen) atoms. The molecule has 7 heteroatoms. The van der Waals surface area contributed by atoms with Crippen LogP contribution in [0, 0.1) is 10.1 Å². The summed E-state index contributed by atoms with van der Waals surface area (Å²) in [5, 5.41) is 14.2. The van der Waals surface area contributed by atoms with Crippen molar-refractivity contribution in [3.63, 3.8) is 0 Å². The van der Waals surface area contributed by atoms with Gasteiger partial charge in [0.2, 0.25) is 5.82 Å². The highest BCUT2D eigenvalue weighted by molar-refractivity contribution is 6.29. The molecular formula is C14H21ClN4O2. The number of hydrogen-bond acceptors (Lipinski definition) is 5. The van der Waals surface area contributed by atoms with Gasteiger partial charge < -0.3 is 10.2 Å². The molecule has 1 unspecified atom stereocenters. The van der Waals surface area contributed by atoms with E-state index in [0.29, 0.717) is 12.6 Å². The number of hydrogen-bond donors (Lipinski definition) is 1. The van der Waals surface area contributed by atoms with E-state index in [9.17, 15) is 10.1 Å². The zero-order valence-corrected chi connectivity index (χ0v) is 13.0. The molecule has 1 saturated heterocycles. The molecule has 1 aromatic rings. The van der Waals surface area contributed by atoms with Gasteiger partial charge in [-0.25, -0.2) is 4.98 Å². The number of pyridine rings is 1. The van der Waals surface area contributed by atoms with Crippen LogP contribution in [0.2, 0.25) is 5.15 Å². The molecule has 1 aliphatic heterocycles. The first-order chi connectivity index (χ1) is 10.1. The van der Waals surface area contributed by atoms with Crippen molar-refractivity contribution in [1.29, 1.82) is 0 Å². The first kappa shape index (κ1) is 16.0. The van der Waals surface area contributed by atoms with E-state index >= 15 is 0 Å². The van der Waals surface area contributed by atoms with E-state index in [1.54, 1.807) is 0 Å². The summed E-state index contributed by atoms with van der Waals surface area (Å²) in [5.74, 6) is 0.249. The summed E-state index contributed by atoms with van der Waals surface area (Å²) in [5.41, 5.74) is -0.0364. The number of nitrogens with zero attached hydrogens (tertiary/aromatic N) is 3. The van der Waals surface area contributed by atoms with Gasteiger partial charge in [-0.1, -0.05) is 18.0 Å². The van der Waals surface area contributed by atoms with Gasteiger partial charge in [0.15, 0.2) is 0 Å². The van der Waals surface area contributed by atoms with Gasteiger partial charge >= 0.3 is 5.69 Å². The third-order valence-electron chi connectivity index (χ3n) is 3.89. The topological polar surface area (TPSA) is 71.3 Å². The van der Waals surface area contributed by atoms with Crippen molar-refractivity contribution in [3.05, 3.63) is 27.4 Å². The number of nitrogens with one attached hydrogen (secondary N) is 1. The predicted molar refractivity (Wildman–Crippen MR) is 83.9 cm³/mol. The van der Waals surface area contributed by atoms with Gasteiger partial charge in [0.1, 0.15) is 5.15 Å². The molecule has 0 radical (unpaired) electrons. The maximum Gasteiger partial charge on any atom is 0.311 e. The summed E-state index contributed by atoms with van der Waals surface area (Å²) in [4.78, 5) is 17.0. The lowest BCUT2D eigenvalue weighted by Crippen LogP contribution is -2.38. The fraction of sp³-hybridized carbons (Fsp3) is 0.643. The van der Waals surface area contributed by atoms with E-state index in [-0.39, 0.29) is 16.7 Å². The second-order valence-corrected chi connectivity index (χ2v) is 5.81. The van der Waals surface area contributed by atoms with E-state index in [0.717, 1.165) is 19.5 Å². The third-order valence-corrected chi connectivity index (χ3v) is 4.10. The largest absolute Gasteiger partial charge is 0.364 e. The zero-order valence-electron chi connectivity index (χ0n) is 12.2. The first-order valence-electron chi connectivity index (χ1n) is 7.37. The summed E-state index contributed by atoms with van der Waals surface area (Å²) in [6.07, 6.45) is 4.76. The number of piperidine rings is 1. The van der Waals surface area contributed by atoms with Crippen molar-refractivity contribution >= 4 is 23.1 Å². The van der Waals surface area contributed by atoms with Crippen LogP contribution in [0.15, 0.2) is 12.1 Å². The van der Waals surface area contributed by atoms with Gasteiger partial charge in [-0.2, -0.15) is 0 Å². The molecule has 1 aliphatic rings. The monoisotopic (exact) mass is 312 g/mol. The van der Waals surface area contributed by atoms with Crippen molar-refractivity contribution in [2.75, 3.05) is 25.0 Å². The minimum absolute atomic E-state index is 0.0364. The molecule has 116 valence electrons. The van der Waals surface area contributed by atoms with Crippen LogP contribution < -0.4 is 5.32 Å². The van der Waals surface area contributed by atoms with E-state index in [1.165, 1.54) is 31.4 Å². The number of rotatable bonds is 6. The molecule has 1 atom stereocenters. The molecule has 2 rings (SSSR count). The molecule has 2 heterocycles. The van der Waals surface area contributed by atoms with Crippen LogP contribution in [-0.2, 0) is 0 Å². The van der Waals surface area contributed by atoms with Crippen LogP contribution in [0.3, 0.4) is 0 Å². The highest BCUT2D eigenvalue weighted by Crippen LogP contribution is 2.24. The Morgan fingerprint density at radius 3 is 3.05 bits per heavy atom.